The van der Waals surface area contributed by atoms with Gasteiger partial charge in [0, 0.05) is 13.2 Å². The van der Waals surface area contributed by atoms with Crippen LogP contribution in [0.5, 0.6) is 0 Å². The number of nitrogens with one attached hydrogen (secondary N) is 1. The summed E-state index contributed by atoms with van der Waals surface area (Å²) in [5, 5.41) is 3.35. The van der Waals surface area contributed by atoms with E-state index in [-0.39, 0.29) is 5.82 Å². The molecule has 0 spiro atoms. The molecular weight excluding hydrogens is 205 g/mol. The molecule has 0 heterocycles. The Morgan fingerprint density at radius 3 is 2.94 bits per heavy atom. The van der Waals surface area contributed by atoms with Crippen LogP contribution in [0.25, 0.3) is 0 Å². The number of hydrogen-bond donors (Lipinski definition) is 1. The SMILES string of the molecule is COCC(C)NCCCc1cccc(F)c1. The van der Waals surface area contributed by atoms with Gasteiger partial charge >= 0.3 is 0 Å². The molecule has 0 radical (unpaired) electrons. The fourth-order valence-corrected chi connectivity index (χ4v) is 1.64. The maximum absolute atomic E-state index is 12.9. The number of ether oxygens (including phenoxy) is 1. The van der Waals surface area contributed by atoms with E-state index in [1.165, 1.54) is 6.07 Å². The van der Waals surface area contributed by atoms with Gasteiger partial charge < -0.3 is 10.1 Å². The van der Waals surface area contributed by atoms with Gasteiger partial charge in [-0.1, -0.05) is 12.1 Å². The molecule has 2 nitrogen and oxygen atoms in total. The van der Waals surface area contributed by atoms with Crippen molar-refractivity contribution in [1.29, 1.82) is 0 Å². The normalized spacial score (nSPS) is 12.7. The second-order valence-electron chi connectivity index (χ2n) is 4.04. The highest BCUT2D eigenvalue weighted by atomic mass is 19.1. The van der Waals surface area contributed by atoms with E-state index >= 15 is 0 Å². The molecule has 0 bridgehead atoms. The van der Waals surface area contributed by atoms with E-state index in [4.69, 9.17) is 4.74 Å². The van der Waals surface area contributed by atoms with Crippen molar-refractivity contribution in [1.82, 2.24) is 5.32 Å². The van der Waals surface area contributed by atoms with Crippen LogP contribution >= 0.6 is 0 Å². The standard InChI is InChI=1S/C13H20FNO/c1-11(10-16-2)15-8-4-6-12-5-3-7-13(14)9-12/h3,5,7,9,11,15H,4,6,8,10H2,1-2H3. The fourth-order valence-electron chi connectivity index (χ4n) is 1.64. The summed E-state index contributed by atoms with van der Waals surface area (Å²) in [6, 6.07) is 7.16. The third-order valence-electron chi connectivity index (χ3n) is 2.44. The highest BCUT2D eigenvalue weighted by Crippen LogP contribution is 2.05. The molecule has 0 aliphatic carbocycles. The zero-order valence-electron chi connectivity index (χ0n) is 10.0. The molecule has 0 amide bonds. The molecular formula is C13H20FNO. The van der Waals surface area contributed by atoms with E-state index in [2.05, 4.69) is 12.2 Å². The Bertz CT molecular complexity index is 304. The Kier molecular flexibility index (Phi) is 6.04. The number of hydrogen-bond acceptors (Lipinski definition) is 2. The van der Waals surface area contributed by atoms with Crippen molar-refractivity contribution in [2.75, 3.05) is 20.3 Å². The molecule has 1 N–H and O–H groups in total. The third kappa shape index (κ3) is 5.24. The number of halogens is 1. The van der Waals surface area contributed by atoms with Gasteiger partial charge in [0.1, 0.15) is 5.82 Å². The predicted octanol–water partition coefficient (Wildman–Crippen LogP) is 2.38. The molecule has 1 rings (SSSR count). The first-order chi connectivity index (χ1) is 7.72. The summed E-state index contributed by atoms with van der Waals surface area (Å²) in [4.78, 5) is 0. The van der Waals surface area contributed by atoms with Gasteiger partial charge in [0.15, 0.2) is 0 Å². The maximum atomic E-state index is 12.9. The lowest BCUT2D eigenvalue weighted by molar-refractivity contribution is 0.172. The Labute approximate surface area is 96.8 Å². The first kappa shape index (κ1) is 13.1. The van der Waals surface area contributed by atoms with Crippen molar-refractivity contribution in [2.24, 2.45) is 0 Å². The van der Waals surface area contributed by atoms with Gasteiger partial charge in [-0.05, 0) is 44.0 Å². The minimum atomic E-state index is -0.154. The summed E-state index contributed by atoms with van der Waals surface area (Å²) < 4.78 is 17.9. The second-order valence-corrected chi connectivity index (χ2v) is 4.04. The van der Waals surface area contributed by atoms with Crippen LogP contribution in [-0.2, 0) is 11.2 Å². The Morgan fingerprint density at radius 2 is 2.25 bits per heavy atom. The van der Waals surface area contributed by atoms with Gasteiger partial charge in [0.25, 0.3) is 0 Å². The van der Waals surface area contributed by atoms with Crippen molar-refractivity contribution < 1.29 is 9.13 Å². The van der Waals surface area contributed by atoms with Crippen LogP contribution in [0.4, 0.5) is 4.39 Å². The summed E-state index contributed by atoms with van der Waals surface area (Å²) in [6.07, 6.45) is 1.92. The lowest BCUT2D eigenvalue weighted by atomic mass is 10.1. The first-order valence-electron chi connectivity index (χ1n) is 5.69. The molecule has 1 aromatic carbocycles. The molecule has 1 unspecified atom stereocenters. The summed E-state index contributed by atoms with van der Waals surface area (Å²) >= 11 is 0. The van der Waals surface area contributed by atoms with Crippen LogP contribution in [0.1, 0.15) is 18.9 Å². The van der Waals surface area contributed by atoms with Crippen molar-refractivity contribution in [3.05, 3.63) is 35.6 Å². The molecule has 0 aliphatic rings. The van der Waals surface area contributed by atoms with Crippen LogP contribution in [0.2, 0.25) is 0 Å². The number of benzene rings is 1. The molecule has 3 heteroatoms. The summed E-state index contributed by atoms with van der Waals surface area (Å²) in [7, 11) is 1.70. The first-order valence-corrected chi connectivity index (χ1v) is 5.69. The topological polar surface area (TPSA) is 21.3 Å². The maximum Gasteiger partial charge on any atom is 0.123 e. The largest absolute Gasteiger partial charge is 0.383 e. The summed E-state index contributed by atoms with van der Waals surface area (Å²) in [5.41, 5.74) is 1.06. The van der Waals surface area contributed by atoms with E-state index in [1.807, 2.05) is 6.07 Å². The van der Waals surface area contributed by atoms with Gasteiger partial charge in [-0.25, -0.2) is 4.39 Å². The van der Waals surface area contributed by atoms with Gasteiger partial charge in [-0.15, -0.1) is 0 Å². The van der Waals surface area contributed by atoms with Gasteiger partial charge in [-0.2, -0.15) is 0 Å². The number of rotatable bonds is 7. The molecule has 1 atom stereocenters. The van der Waals surface area contributed by atoms with Crippen LogP contribution in [-0.4, -0.2) is 26.3 Å². The predicted molar refractivity (Wildman–Crippen MR) is 64.1 cm³/mol. The van der Waals surface area contributed by atoms with Gasteiger partial charge in [-0.3, -0.25) is 0 Å². The summed E-state index contributed by atoms with van der Waals surface area (Å²) in [5.74, 6) is -0.154. The Hall–Kier alpha value is -0.930. The lowest BCUT2D eigenvalue weighted by Crippen LogP contribution is -2.31. The number of methoxy groups -OCH3 is 1. The minimum Gasteiger partial charge on any atom is -0.383 e. The average molecular weight is 225 g/mol. The van der Waals surface area contributed by atoms with E-state index < -0.39 is 0 Å². The zero-order chi connectivity index (χ0) is 11.8. The molecule has 0 saturated heterocycles. The molecule has 0 aliphatic heterocycles. The van der Waals surface area contributed by atoms with E-state index in [0.717, 1.165) is 31.6 Å². The minimum absolute atomic E-state index is 0.154. The van der Waals surface area contributed by atoms with Gasteiger partial charge in [0.05, 0.1) is 6.61 Å². The van der Waals surface area contributed by atoms with Crippen molar-refractivity contribution >= 4 is 0 Å². The van der Waals surface area contributed by atoms with Crippen LogP contribution < -0.4 is 5.32 Å². The molecule has 0 saturated carbocycles. The smallest absolute Gasteiger partial charge is 0.123 e. The van der Waals surface area contributed by atoms with Crippen LogP contribution in [0, 0.1) is 5.82 Å². The number of aryl methyl sites for hydroxylation is 1. The molecule has 0 fully saturated rings. The average Bonchev–Trinajstić information content (AvgIpc) is 2.25. The molecule has 90 valence electrons. The molecule has 0 aromatic heterocycles. The lowest BCUT2D eigenvalue weighted by Gasteiger charge is -2.12. The third-order valence-corrected chi connectivity index (χ3v) is 2.44. The van der Waals surface area contributed by atoms with Gasteiger partial charge in [0.2, 0.25) is 0 Å². The highest BCUT2D eigenvalue weighted by molar-refractivity contribution is 5.16. The zero-order valence-corrected chi connectivity index (χ0v) is 10.0. The van der Waals surface area contributed by atoms with Crippen molar-refractivity contribution in [3.8, 4) is 0 Å². The second kappa shape index (κ2) is 7.36. The highest BCUT2D eigenvalue weighted by Gasteiger charge is 1.99. The van der Waals surface area contributed by atoms with E-state index in [9.17, 15) is 4.39 Å². The van der Waals surface area contributed by atoms with E-state index in [1.54, 1.807) is 19.2 Å². The fraction of sp³-hybridized carbons (Fsp3) is 0.538. The monoisotopic (exact) mass is 225 g/mol. The van der Waals surface area contributed by atoms with Crippen molar-refractivity contribution in [3.63, 3.8) is 0 Å². The van der Waals surface area contributed by atoms with Crippen LogP contribution in [0.15, 0.2) is 24.3 Å². The Balaban J connectivity index is 2.16. The Morgan fingerprint density at radius 1 is 1.44 bits per heavy atom. The van der Waals surface area contributed by atoms with Crippen LogP contribution in [0.3, 0.4) is 0 Å². The molecule has 1 aromatic rings. The van der Waals surface area contributed by atoms with Crippen molar-refractivity contribution in [2.45, 2.75) is 25.8 Å². The molecule has 16 heavy (non-hydrogen) atoms. The quantitative estimate of drug-likeness (QED) is 0.719. The summed E-state index contributed by atoms with van der Waals surface area (Å²) in [6.45, 7) is 3.74. The van der Waals surface area contributed by atoms with E-state index in [0.29, 0.717) is 6.04 Å².